The predicted octanol–water partition coefficient (Wildman–Crippen LogP) is 6.04. The lowest BCUT2D eigenvalue weighted by molar-refractivity contribution is -0.0149. The summed E-state index contributed by atoms with van der Waals surface area (Å²) in [5.74, 6) is -0.772. The maximum atomic E-state index is 14.3. The Morgan fingerprint density at radius 1 is 1.02 bits per heavy atom. The molecule has 1 heterocycles. The summed E-state index contributed by atoms with van der Waals surface area (Å²) in [6.45, 7) is 6.43. The van der Waals surface area contributed by atoms with Crippen LogP contribution < -0.4 is 15.4 Å². The number of urea groups is 1. The van der Waals surface area contributed by atoms with Gasteiger partial charge in [0, 0.05) is 49.6 Å². The Morgan fingerprint density at radius 2 is 1.70 bits per heavy atom. The Labute approximate surface area is 275 Å². The molecule has 0 aliphatic carbocycles. The molecule has 47 heavy (non-hydrogen) atoms. The Kier molecular flexibility index (Phi) is 12.7. The third kappa shape index (κ3) is 10.0. The molecule has 0 aromatic heterocycles. The van der Waals surface area contributed by atoms with Gasteiger partial charge in [0.25, 0.3) is 11.8 Å². The number of carbonyl (C=O) groups is 3. The highest BCUT2D eigenvalue weighted by Gasteiger charge is 2.31. The first-order chi connectivity index (χ1) is 22.5. The first-order valence-corrected chi connectivity index (χ1v) is 16.0. The average molecular weight is 649 g/mol. The fourth-order valence-corrected chi connectivity index (χ4v) is 5.44. The van der Waals surface area contributed by atoms with E-state index in [0.717, 1.165) is 19.3 Å². The fourth-order valence-electron chi connectivity index (χ4n) is 5.44. The predicted molar refractivity (Wildman–Crippen MR) is 179 cm³/mol. The van der Waals surface area contributed by atoms with Gasteiger partial charge in [0.15, 0.2) is 0 Å². The molecule has 0 radical (unpaired) electrons. The van der Waals surface area contributed by atoms with E-state index >= 15 is 0 Å². The van der Waals surface area contributed by atoms with Gasteiger partial charge in [0.05, 0.1) is 30.4 Å². The normalized spacial score (nSPS) is 19.8. The van der Waals surface area contributed by atoms with Gasteiger partial charge < -0.3 is 35.0 Å². The lowest BCUT2D eigenvalue weighted by Crippen LogP contribution is -2.48. The minimum absolute atomic E-state index is 0.124. The average Bonchev–Trinajstić information content (AvgIpc) is 3.07. The van der Waals surface area contributed by atoms with Crippen molar-refractivity contribution in [2.45, 2.75) is 58.3 Å². The van der Waals surface area contributed by atoms with E-state index in [-0.39, 0.29) is 48.7 Å². The van der Waals surface area contributed by atoms with E-state index in [0.29, 0.717) is 35.8 Å². The van der Waals surface area contributed by atoms with Crippen molar-refractivity contribution < 1.29 is 33.4 Å². The van der Waals surface area contributed by atoms with E-state index in [1.807, 2.05) is 32.0 Å². The van der Waals surface area contributed by atoms with Crippen LogP contribution in [0, 0.1) is 11.7 Å². The standard InChI is InChI=1S/C36H45FN4O6/c1-24-21-41(25(2)23-42)35(44)31-20-30(39-36(45)38-29-15-13-28(37)14-16-29)17-18-32(31)47-26(3)10-8-9-19-46-33(24)22-40(4)34(43)27-11-6-5-7-12-27/h5-7,11-18,20,24-26,33,42H,8-10,19,21-23H2,1-4H3,(H2,38,39,45)/t24-,25+,26-,33+/m0/s1. The molecule has 1 aliphatic rings. The van der Waals surface area contributed by atoms with E-state index in [4.69, 9.17) is 9.47 Å². The molecule has 4 amide bonds. The van der Waals surface area contributed by atoms with Gasteiger partial charge in [-0.05, 0) is 87.7 Å². The molecule has 4 atom stereocenters. The second-order valence-corrected chi connectivity index (χ2v) is 12.1. The van der Waals surface area contributed by atoms with Crippen molar-refractivity contribution >= 4 is 29.2 Å². The van der Waals surface area contributed by atoms with E-state index in [2.05, 4.69) is 10.6 Å². The van der Waals surface area contributed by atoms with Crippen LogP contribution in [0.5, 0.6) is 5.75 Å². The second-order valence-electron chi connectivity index (χ2n) is 12.1. The molecule has 0 saturated heterocycles. The third-order valence-corrected chi connectivity index (χ3v) is 8.23. The van der Waals surface area contributed by atoms with Gasteiger partial charge >= 0.3 is 6.03 Å². The number of ether oxygens (including phenoxy) is 2. The molecule has 3 aromatic rings. The molecule has 10 nitrogen and oxygen atoms in total. The zero-order chi connectivity index (χ0) is 33.9. The van der Waals surface area contributed by atoms with Gasteiger partial charge in [-0.1, -0.05) is 25.1 Å². The van der Waals surface area contributed by atoms with Crippen LogP contribution in [-0.4, -0.2) is 84.4 Å². The summed E-state index contributed by atoms with van der Waals surface area (Å²) in [5.41, 5.74) is 1.56. The highest BCUT2D eigenvalue weighted by molar-refractivity contribution is 6.02. The Morgan fingerprint density at radius 3 is 2.40 bits per heavy atom. The van der Waals surface area contributed by atoms with Crippen LogP contribution in [0.25, 0.3) is 0 Å². The number of carbonyl (C=O) groups excluding carboxylic acids is 3. The molecule has 4 rings (SSSR count). The monoisotopic (exact) mass is 648 g/mol. The number of rotatable bonds is 7. The van der Waals surface area contributed by atoms with Crippen molar-refractivity contribution in [3.05, 3.63) is 89.7 Å². The SMILES string of the molecule is C[C@H](CO)N1C[C@H](C)[C@@H](CN(C)C(=O)c2ccccc2)OCCCC[C@H](C)Oc2ccc(NC(=O)Nc3ccc(F)cc3)cc2C1=O. The Bertz CT molecular complexity index is 1490. The molecule has 0 spiro atoms. The lowest BCUT2D eigenvalue weighted by Gasteiger charge is -2.36. The van der Waals surface area contributed by atoms with Crippen molar-refractivity contribution in [2.24, 2.45) is 5.92 Å². The quantitative estimate of drug-likeness (QED) is 0.288. The molecule has 1 aliphatic heterocycles. The number of fused-ring (bicyclic) bond motifs is 1. The summed E-state index contributed by atoms with van der Waals surface area (Å²) < 4.78 is 25.9. The van der Waals surface area contributed by atoms with Crippen LogP contribution in [0.3, 0.4) is 0 Å². The van der Waals surface area contributed by atoms with E-state index in [1.165, 1.54) is 24.3 Å². The number of aliphatic hydroxyl groups excluding tert-OH is 1. The van der Waals surface area contributed by atoms with Gasteiger partial charge in [0.2, 0.25) is 0 Å². The highest BCUT2D eigenvalue weighted by atomic mass is 19.1. The van der Waals surface area contributed by atoms with Crippen LogP contribution in [0.15, 0.2) is 72.8 Å². The number of hydrogen-bond donors (Lipinski definition) is 3. The molecule has 11 heteroatoms. The molecule has 0 fully saturated rings. The molecule has 3 aromatic carbocycles. The van der Waals surface area contributed by atoms with Crippen LogP contribution in [-0.2, 0) is 4.74 Å². The smallest absolute Gasteiger partial charge is 0.323 e. The van der Waals surface area contributed by atoms with Crippen LogP contribution in [0.2, 0.25) is 0 Å². The van der Waals surface area contributed by atoms with Crippen molar-refractivity contribution in [3.63, 3.8) is 0 Å². The summed E-state index contributed by atoms with van der Waals surface area (Å²) in [5, 5.41) is 15.6. The van der Waals surface area contributed by atoms with Gasteiger partial charge in [0.1, 0.15) is 11.6 Å². The number of benzene rings is 3. The third-order valence-electron chi connectivity index (χ3n) is 8.23. The minimum Gasteiger partial charge on any atom is -0.490 e. The first-order valence-electron chi connectivity index (χ1n) is 16.0. The van der Waals surface area contributed by atoms with E-state index < -0.39 is 17.9 Å². The van der Waals surface area contributed by atoms with Crippen molar-refractivity contribution in [2.75, 3.05) is 44.0 Å². The maximum Gasteiger partial charge on any atom is 0.323 e. The molecular formula is C36H45FN4O6. The number of nitrogens with zero attached hydrogens (tertiary/aromatic N) is 2. The van der Waals surface area contributed by atoms with Crippen LogP contribution >= 0.6 is 0 Å². The number of hydrogen-bond acceptors (Lipinski definition) is 6. The molecule has 0 bridgehead atoms. The van der Waals surface area contributed by atoms with Gasteiger partial charge in [-0.15, -0.1) is 0 Å². The molecule has 0 unspecified atom stereocenters. The topological polar surface area (TPSA) is 120 Å². The molecule has 3 N–H and O–H groups in total. The number of nitrogens with one attached hydrogen (secondary N) is 2. The van der Waals surface area contributed by atoms with Gasteiger partial charge in [-0.3, -0.25) is 9.59 Å². The maximum absolute atomic E-state index is 14.3. The summed E-state index contributed by atoms with van der Waals surface area (Å²) in [7, 11) is 1.74. The van der Waals surface area contributed by atoms with Crippen LogP contribution in [0.1, 0.15) is 60.7 Å². The van der Waals surface area contributed by atoms with E-state index in [9.17, 15) is 23.9 Å². The van der Waals surface area contributed by atoms with Crippen molar-refractivity contribution in [3.8, 4) is 5.75 Å². The number of likely N-dealkylation sites (N-methyl/N-ethyl adjacent to an activating group) is 1. The van der Waals surface area contributed by atoms with Gasteiger partial charge in [-0.2, -0.15) is 0 Å². The summed E-state index contributed by atoms with van der Waals surface area (Å²) in [6, 6.07) is 18.2. The molecule has 252 valence electrons. The van der Waals surface area contributed by atoms with Crippen molar-refractivity contribution in [1.82, 2.24) is 9.80 Å². The highest BCUT2D eigenvalue weighted by Crippen LogP contribution is 2.29. The lowest BCUT2D eigenvalue weighted by atomic mass is 10.0. The summed E-state index contributed by atoms with van der Waals surface area (Å²) in [6.07, 6.45) is 1.76. The number of anilines is 2. The zero-order valence-electron chi connectivity index (χ0n) is 27.4. The largest absolute Gasteiger partial charge is 0.490 e. The Hall–Kier alpha value is -4.48. The minimum atomic E-state index is -0.567. The Balaban J connectivity index is 1.60. The summed E-state index contributed by atoms with van der Waals surface area (Å²) >= 11 is 0. The molecular weight excluding hydrogens is 603 g/mol. The van der Waals surface area contributed by atoms with Crippen LogP contribution in [0.4, 0.5) is 20.6 Å². The number of aliphatic hydroxyl groups is 1. The summed E-state index contributed by atoms with van der Waals surface area (Å²) in [4.78, 5) is 43.4. The van der Waals surface area contributed by atoms with Crippen molar-refractivity contribution in [1.29, 1.82) is 0 Å². The number of amides is 4. The second kappa shape index (κ2) is 16.9. The fraction of sp³-hybridized carbons (Fsp3) is 0.417. The molecule has 0 saturated carbocycles. The number of halogens is 1. The first kappa shape index (κ1) is 35.4. The zero-order valence-corrected chi connectivity index (χ0v) is 27.4. The van der Waals surface area contributed by atoms with E-state index in [1.54, 1.807) is 54.1 Å². The van der Waals surface area contributed by atoms with Gasteiger partial charge in [-0.25, -0.2) is 9.18 Å².